The van der Waals surface area contributed by atoms with Crippen molar-refractivity contribution in [3.63, 3.8) is 0 Å². The summed E-state index contributed by atoms with van der Waals surface area (Å²) in [4.78, 5) is 18.2. The maximum atomic E-state index is 10.8. The fraction of sp³-hybridized carbons (Fsp3) is 0.200. The number of carboxylic acids is 1. The van der Waals surface area contributed by atoms with Gasteiger partial charge in [-0.25, -0.2) is 0 Å². The van der Waals surface area contributed by atoms with Crippen molar-refractivity contribution in [1.29, 1.82) is 0 Å². The van der Waals surface area contributed by atoms with E-state index in [1.807, 2.05) is 6.79 Å². The summed E-state index contributed by atoms with van der Waals surface area (Å²) in [6.45, 7) is 5.09. The van der Waals surface area contributed by atoms with Crippen LogP contribution < -0.4 is 34.7 Å². The maximum Gasteiger partial charge on any atom is 1.00 e. The fourth-order valence-corrected chi connectivity index (χ4v) is 1.78. The first-order valence-corrected chi connectivity index (χ1v) is 5.76. The molecule has 0 spiro atoms. The molecule has 0 aromatic heterocycles. The van der Waals surface area contributed by atoms with Gasteiger partial charge in [0, 0.05) is 5.56 Å². The Bertz CT molecular complexity index is 538. The Morgan fingerprint density at radius 1 is 1.28 bits per heavy atom. The van der Waals surface area contributed by atoms with Gasteiger partial charge in [0.25, 0.3) is 10.1 Å². The van der Waals surface area contributed by atoms with Crippen LogP contribution in [-0.4, -0.2) is 25.7 Å². The molecular weight excluding hydrogens is 271 g/mol. The van der Waals surface area contributed by atoms with Crippen LogP contribution in [0.5, 0.6) is 0 Å². The molecule has 0 heterocycles. The van der Waals surface area contributed by atoms with Gasteiger partial charge in [-0.15, -0.1) is 0 Å². The quantitative estimate of drug-likeness (QED) is 0.450. The van der Waals surface area contributed by atoms with Crippen molar-refractivity contribution in [1.82, 2.24) is 0 Å². The van der Waals surface area contributed by atoms with Gasteiger partial charge in [-0.2, -0.15) is 8.42 Å². The predicted molar refractivity (Wildman–Crippen MR) is 57.2 cm³/mol. The molecule has 0 radical (unpaired) electrons. The molecular formula is C10H11NaO6S. The largest absolute Gasteiger partial charge is 1.00 e. The topological polar surface area (TPSA) is 112 Å². The van der Waals surface area contributed by atoms with Gasteiger partial charge in [0.05, 0.1) is 10.9 Å². The number of carbonyl (C=O) groups is 2. The van der Waals surface area contributed by atoms with E-state index < -0.39 is 21.0 Å². The third kappa shape index (κ3) is 4.87. The summed E-state index contributed by atoms with van der Waals surface area (Å²) in [5.41, 5.74) is 0.648. The molecule has 0 bridgehead atoms. The summed E-state index contributed by atoms with van der Waals surface area (Å²) >= 11 is 0. The van der Waals surface area contributed by atoms with Crippen LogP contribution in [0.4, 0.5) is 0 Å². The van der Waals surface area contributed by atoms with Gasteiger partial charge in [-0.05, 0) is 37.1 Å². The summed E-state index contributed by atoms with van der Waals surface area (Å²) in [7, 11) is -4.39. The van der Waals surface area contributed by atoms with Gasteiger partial charge in [0.1, 0.15) is 6.79 Å². The van der Waals surface area contributed by atoms with E-state index in [1.165, 1.54) is 13.0 Å². The first kappa shape index (κ1) is 19.6. The normalized spacial score (nSPS) is 9.72. The number of carbonyl (C=O) groups excluding carboxylic acids is 2. The minimum Gasteiger partial charge on any atom is -0.545 e. The van der Waals surface area contributed by atoms with E-state index in [-0.39, 0.29) is 35.1 Å². The van der Waals surface area contributed by atoms with Crippen LogP contribution in [0, 0.1) is 13.8 Å². The molecule has 0 atom stereocenters. The average molecular weight is 282 g/mol. The summed E-state index contributed by atoms with van der Waals surface area (Å²) in [6, 6.07) is 2.09. The van der Waals surface area contributed by atoms with Crippen molar-refractivity contribution in [2.24, 2.45) is 0 Å². The van der Waals surface area contributed by atoms with Crippen molar-refractivity contribution in [3.05, 3.63) is 28.8 Å². The van der Waals surface area contributed by atoms with Crippen LogP contribution in [-0.2, 0) is 14.9 Å². The first-order chi connectivity index (χ1) is 7.73. The van der Waals surface area contributed by atoms with E-state index in [1.54, 1.807) is 6.92 Å². The molecule has 0 amide bonds. The molecule has 0 unspecified atom stereocenters. The van der Waals surface area contributed by atoms with Crippen LogP contribution in [0.3, 0.4) is 0 Å². The predicted octanol–water partition coefficient (Wildman–Crippen LogP) is -3.27. The molecule has 1 aromatic rings. The zero-order valence-corrected chi connectivity index (χ0v) is 13.1. The Balaban J connectivity index is 0. The summed E-state index contributed by atoms with van der Waals surface area (Å²) in [5, 5.41) is 10.7. The van der Waals surface area contributed by atoms with E-state index in [0.717, 1.165) is 6.07 Å². The van der Waals surface area contributed by atoms with Crippen LogP contribution in [0.25, 0.3) is 0 Å². The molecule has 0 aliphatic rings. The molecule has 18 heavy (non-hydrogen) atoms. The van der Waals surface area contributed by atoms with E-state index in [0.29, 0.717) is 11.1 Å². The molecule has 0 saturated heterocycles. The Hall–Kier alpha value is -0.730. The van der Waals surface area contributed by atoms with Gasteiger partial charge in [0.2, 0.25) is 0 Å². The third-order valence-electron chi connectivity index (χ3n) is 2.16. The molecule has 0 saturated carbocycles. The zero-order chi connectivity index (χ0) is 13.8. The molecule has 1 aromatic carbocycles. The van der Waals surface area contributed by atoms with Crippen LogP contribution in [0.2, 0.25) is 0 Å². The van der Waals surface area contributed by atoms with Crippen molar-refractivity contribution >= 4 is 22.9 Å². The smallest absolute Gasteiger partial charge is 0.545 e. The Labute approximate surface area is 127 Å². The molecule has 1 N–H and O–H groups in total. The summed E-state index contributed by atoms with van der Waals surface area (Å²) in [6.07, 6.45) is 0. The molecule has 94 valence electrons. The second kappa shape index (κ2) is 7.65. The zero-order valence-electron chi connectivity index (χ0n) is 10.3. The van der Waals surface area contributed by atoms with Gasteiger partial charge < -0.3 is 14.7 Å². The molecule has 0 aliphatic carbocycles. The SMILES string of the molecule is C=O.Cc1cc(S(=O)(=O)O)cc(C(=O)[O-])c1C.[Na+]. The van der Waals surface area contributed by atoms with E-state index >= 15 is 0 Å². The molecule has 0 fully saturated rings. The molecule has 6 nitrogen and oxygen atoms in total. The van der Waals surface area contributed by atoms with Gasteiger partial charge in [-0.3, -0.25) is 4.55 Å². The van der Waals surface area contributed by atoms with Crippen LogP contribution in [0.1, 0.15) is 21.5 Å². The van der Waals surface area contributed by atoms with E-state index in [2.05, 4.69) is 0 Å². The number of aromatic carboxylic acids is 1. The third-order valence-corrected chi connectivity index (χ3v) is 2.99. The van der Waals surface area contributed by atoms with Crippen molar-refractivity contribution < 1.29 is 57.2 Å². The van der Waals surface area contributed by atoms with Crippen LogP contribution >= 0.6 is 0 Å². The fourth-order valence-electron chi connectivity index (χ4n) is 1.19. The van der Waals surface area contributed by atoms with Crippen molar-refractivity contribution in [2.75, 3.05) is 0 Å². The van der Waals surface area contributed by atoms with Gasteiger partial charge >= 0.3 is 29.6 Å². The number of rotatable bonds is 2. The summed E-state index contributed by atoms with van der Waals surface area (Å²) < 4.78 is 30.4. The monoisotopic (exact) mass is 282 g/mol. The van der Waals surface area contributed by atoms with Crippen molar-refractivity contribution in [3.8, 4) is 0 Å². The second-order valence-electron chi connectivity index (χ2n) is 3.18. The Morgan fingerprint density at radius 3 is 2.06 bits per heavy atom. The minimum absolute atomic E-state index is 0. The number of aryl methyl sites for hydroxylation is 1. The minimum atomic E-state index is -4.39. The van der Waals surface area contributed by atoms with E-state index in [4.69, 9.17) is 9.35 Å². The standard InChI is InChI=1S/C9H10O5S.CH2O.Na/c1-5-3-7(15(12,13)14)4-8(6(5)2)9(10)11;1-2;/h3-4H,1-2H3,(H,10,11)(H,12,13,14);1H2;/q;;+1/p-1. The summed E-state index contributed by atoms with van der Waals surface area (Å²) in [5.74, 6) is -1.47. The number of carboxylic acid groups (broad SMARTS) is 1. The number of benzene rings is 1. The molecule has 8 heteroatoms. The first-order valence-electron chi connectivity index (χ1n) is 4.32. The number of hydrogen-bond donors (Lipinski definition) is 1. The maximum absolute atomic E-state index is 10.8. The Kier molecular flexibility index (Phi) is 8.33. The van der Waals surface area contributed by atoms with Gasteiger partial charge in [0.15, 0.2) is 0 Å². The van der Waals surface area contributed by atoms with E-state index in [9.17, 15) is 18.3 Å². The molecule has 1 rings (SSSR count). The van der Waals surface area contributed by atoms with Crippen LogP contribution in [0.15, 0.2) is 17.0 Å². The second-order valence-corrected chi connectivity index (χ2v) is 4.60. The average Bonchev–Trinajstić information content (AvgIpc) is 2.22. The Morgan fingerprint density at radius 2 is 1.72 bits per heavy atom. The van der Waals surface area contributed by atoms with Gasteiger partial charge in [-0.1, -0.05) is 0 Å². The molecule has 0 aliphatic heterocycles. The van der Waals surface area contributed by atoms with Crippen molar-refractivity contribution in [2.45, 2.75) is 18.7 Å². The number of hydrogen-bond acceptors (Lipinski definition) is 5.